The molecule has 2 aromatic rings. The summed E-state index contributed by atoms with van der Waals surface area (Å²) >= 11 is 0. The normalized spacial score (nSPS) is 15.4. The first-order valence-corrected chi connectivity index (χ1v) is 6.80. The molecule has 3 rings (SSSR count). The van der Waals surface area contributed by atoms with Crippen LogP contribution in [0.25, 0.3) is 0 Å². The van der Waals surface area contributed by atoms with Crippen molar-refractivity contribution in [3.63, 3.8) is 0 Å². The van der Waals surface area contributed by atoms with Crippen molar-refractivity contribution < 1.29 is 0 Å². The second-order valence-electron chi connectivity index (χ2n) is 4.97. The van der Waals surface area contributed by atoms with Crippen LogP contribution in [-0.2, 0) is 0 Å². The van der Waals surface area contributed by atoms with Gasteiger partial charge in [0.05, 0.1) is 0 Å². The molecule has 0 aromatic carbocycles. The van der Waals surface area contributed by atoms with Gasteiger partial charge in [0.1, 0.15) is 18.0 Å². The molecule has 7 heteroatoms. The third-order valence-corrected chi connectivity index (χ3v) is 3.43. The fourth-order valence-electron chi connectivity index (χ4n) is 2.37. The molecule has 0 aliphatic carbocycles. The lowest BCUT2D eigenvalue weighted by molar-refractivity contribution is 0.583. The highest BCUT2D eigenvalue weighted by Gasteiger charge is 2.16. The van der Waals surface area contributed by atoms with E-state index in [1.807, 2.05) is 19.9 Å². The molecule has 0 bridgehead atoms. The third-order valence-electron chi connectivity index (χ3n) is 3.43. The van der Waals surface area contributed by atoms with E-state index in [1.54, 1.807) is 6.33 Å². The predicted octanol–water partition coefficient (Wildman–Crippen LogP) is 0.970. The standard InChI is InChI=1S/C13H19N7/c1-9-7-11(19-18-9)17-12-10(2)13(16-8-15-12)20-5-3-14-4-6-20/h7-8,14H,3-6H2,1-2H3,(H2,15,16,17,18,19). The fraction of sp³-hybridized carbons (Fsp3) is 0.462. The number of hydrogen-bond acceptors (Lipinski definition) is 6. The second-order valence-corrected chi connectivity index (χ2v) is 4.97. The minimum atomic E-state index is 0.774. The Bertz CT molecular complexity index is 586. The van der Waals surface area contributed by atoms with Crippen molar-refractivity contribution in [1.29, 1.82) is 0 Å². The minimum absolute atomic E-state index is 0.774. The maximum atomic E-state index is 4.43. The third kappa shape index (κ3) is 2.57. The Kier molecular flexibility index (Phi) is 3.51. The summed E-state index contributed by atoms with van der Waals surface area (Å²) in [6.07, 6.45) is 1.60. The number of hydrogen-bond donors (Lipinski definition) is 3. The molecule has 0 radical (unpaired) electrons. The van der Waals surface area contributed by atoms with Gasteiger partial charge in [0, 0.05) is 43.5 Å². The van der Waals surface area contributed by atoms with Crippen molar-refractivity contribution in [3.8, 4) is 0 Å². The average molecular weight is 273 g/mol. The van der Waals surface area contributed by atoms with Crippen LogP contribution in [0, 0.1) is 13.8 Å². The highest BCUT2D eigenvalue weighted by Crippen LogP contribution is 2.24. The predicted molar refractivity (Wildman–Crippen MR) is 78.5 cm³/mol. The molecule has 3 heterocycles. The van der Waals surface area contributed by atoms with Crippen molar-refractivity contribution in [1.82, 2.24) is 25.5 Å². The average Bonchev–Trinajstić information content (AvgIpc) is 2.87. The van der Waals surface area contributed by atoms with Crippen LogP contribution in [0.3, 0.4) is 0 Å². The Morgan fingerprint density at radius 3 is 2.70 bits per heavy atom. The van der Waals surface area contributed by atoms with Gasteiger partial charge in [-0.1, -0.05) is 0 Å². The van der Waals surface area contributed by atoms with Crippen LogP contribution in [0.5, 0.6) is 0 Å². The molecule has 1 aliphatic rings. The highest BCUT2D eigenvalue weighted by atomic mass is 15.3. The summed E-state index contributed by atoms with van der Waals surface area (Å²) in [6, 6.07) is 1.95. The van der Waals surface area contributed by atoms with E-state index in [4.69, 9.17) is 0 Å². The number of anilines is 3. The number of rotatable bonds is 3. The van der Waals surface area contributed by atoms with E-state index in [2.05, 4.69) is 35.7 Å². The van der Waals surface area contributed by atoms with Crippen molar-refractivity contribution in [2.75, 3.05) is 36.4 Å². The lowest BCUT2D eigenvalue weighted by Gasteiger charge is -2.29. The number of aromatic amines is 1. The molecule has 0 spiro atoms. The van der Waals surface area contributed by atoms with Crippen molar-refractivity contribution in [2.45, 2.75) is 13.8 Å². The topological polar surface area (TPSA) is 81.8 Å². The van der Waals surface area contributed by atoms with E-state index in [-0.39, 0.29) is 0 Å². The molecular weight excluding hydrogens is 254 g/mol. The van der Waals surface area contributed by atoms with Crippen LogP contribution in [0.4, 0.5) is 17.5 Å². The van der Waals surface area contributed by atoms with E-state index >= 15 is 0 Å². The van der Waals surface area contributed by atoms with Crippen molar-refractivity contribution >= 4 is 17.5 Å². The minimum Gasteiger partial charge on any atom is -0.354 e. The fourth-order valence-corrected chi connectivity index (χ4v) is 2.37. The zero-order chi connectivity index (χ0) is 13.9. The summed E-state index contributed by atoms with van der Waals surface area (Å²) in [5, 5.41) is 13.7. The number of piperazine rings is 1. The van der Waals surface area contributed by atoms with Crippen LogP contribution >= 0.6 is 0 Å². The van der Waals surface area contributed by atoms with Crippen LogP contribution in [0.15, 0.2) is 12.4 Å². The first-order valence-electron chi connectivity index (χ1n) is 6.80. The van der Waals surface area contributed by atoms with Crippen LogP contribution in [-0.4, -0.2) is 46.3 Å². The molecule has 0 saturated carbocycles. The second kappa shape index (κ2) is 5.46. The van der Waals surface area contributed by atoms with Gasteiger partial charge in [-0.05, 0) is 13.8 Å². The maximum Gasteiger partial charge on any atom is 0.153 e. The summed E-state index contributed by atoms with van der Waals surface area (Å²) in [5.74, 6) is 2.58. The van der Waals surface area contributed by atoms with Crippen molar-refractivity contribution in [2.24, 2.45) is 0 Å². The SMILES string of the molecule is Cc1cc(Nc2ncnc(N3CCNCC3)c2C)n[nH]1. The number of nitrogens with zero attached hydrogens (tertiary/aromatic N) is 4. The van der Waals surface area contributed by atoms with E-state index < -0.39 is 0 Å². The van der Waals surface area contributed by atoms with Gasteiger partial charge in [0.2, 0.25) is 0 Å². The molecule has 3 N–H and O–H groups in total. The highest BCUT2D eigenvalue weighted by molar-refractivity contribution is 5.63. The van der Waals surface area contributed by atoms with Gasteiger partial charge in [-0.2, -0.15) is 5.10 Å². The van der Waals surface area contributed by atoms with E-state index in [0.29, 0.717) is 0 Å². The number of aromatic nitrogens is 4. The quantitative estimate of drug-likeness (QED) is 0.773. The first-order chi connectivity index (χ1) is 9.74. The largest absolute Gasteiger partial charge is 0.354 e. The molecule has 7 nitrogen and oxygen atoms in total. The molecule has 0 amide bonds. The van der Waals surface area contributed by atoms with Gasteiger partial charge >= 0.3 is 0 Å². The lowest BCUT2D eigenvalue weighted by Crippen LogP contribution is -2.44. The molecule has 0 atom stereocenters. The molecule has 2 aromatic heterocycles. The van der Waals surface area contributed by atoms with Gasteiger partial charge in [-0.25, -0.2) is 9.97 Å². The molecular formula is C13H19N7. The number of aryl methyl sites for hydroxylation is 1. The monoisotopic (exact) mass is 273 g/mol. The lowest BCUT2D eigenvalue weighted by atomic mass is 10.2. The molecule has 1 aliphatic heterocycles. The number of H-pyrrole nitrogens is 1. The van der Waals surface area contributed by atoms with Gasteiger partial charge in [0.15, 0.2) is 5.82 Å². The Labute approximate surface area is 117 Å². The zero-order valence-corrected chi connectivity index (χ0v) is 11.8. The Morgan fingerprint density at radius 1 is 1.20 bits per heavy atom. The van der Waals surface area contributed by atoms with Crippen LogP contribution < -0.4 is 15.5 Å². The van der Waals surface area contributed by atoms with Gasteiger partial charge in [-0.3, -0.25) is 5.10 Å². The molecule has 1 saturated heterocycles. The van der Waals surface area contributed by atoms with E-state index in [0.717, 1.165) is 54.9 Å². The van der Waals surface area contributed by atoms with E-state index in [1.165, 1.54) is 0 Å². The van der Waals surface area contributed by atoms with Crippen molar-refractivity contribution in [3.05, 3.63) is 23.7 Å². The summed E-state index contributed by atoms with van der Waals surface area (Å²) in [7, 11) is 0. The Hall–Kier alpha value is -2.15. The van der Waals surface area contributed by atoms with Gasteiger partial charge < -0.3 is 15.5 Å². The first kappa shape index (κ1) is 12.9. The maximum absolute atomic E-state index is 4.43. The zero-order valence-electron chi connectivity index (χ0n) is 11.8. The van der Waals surface area contributed by atoms with Gasteiger partial charge in [-0.15, -0.1) is 0 Å². The summed E-state index contributed by atoms with van der Waals surface area (Å²) in [4.78, 5) is 11.0. The van der Waals surface area contributed by atoms with Crippen LogP contribution in [0.1, 0.15) is 11.3 Å². The Morgan fingerprint density at radius 2 is 2.00 bits per heavy atom. The summed E-state index contributed by atoms with van der Waals surface area (Å²) in [6.45, 7) is 7.93. The molecule has 20 heavy (non-hydrogen) atoms. The molecule has 0 unspecified atom stereocenters. The summed E-state index contributed by atoms with van der Waals surface area (Å²) in [5.41, 5.74) is 2.07. The number of nitrogens with one attached hydrogen (secondary N) is 3. The smallest absolute Gasteiger partial charge is 0.153 e. The molecule has 1 fully saturated rings. The van der Waals surface area contributed by atoms with Crippen LogP contribution in [0.2, 0.25) is 0 Å². The van der Waals surface area contributed by atoms with Gasteiger partial charge in [0.25, 0.3) is 0 Å². The molecule has 106 valence electrons. The Balaban J connectivity index is 1.84. The summed E-state index contributed by atoms with van der Waals surface area (Å²) < 4.78 is 0. The van der Waals surface area contributed by atoms with E-state index in [9.17, 15) is 0 Å².